The molecule has 0 radical (unpaired) electrons. The minimum atomic E-state index is -4.98. The van der Waals surface area contributed by atoms with Gasteiger partial charge in [0.15, 0.2) is 0 Å². The minimum absolute atomic E-state index is 0.0287. The summed E-state index contributed by atoms with van der Waals surface area (Å²) < 4.78 is 83.4. The standard InChI is InChI=1S/C23H24F6N4O2/c1-35-20-4-2-18(3-5-20)31-6-8-32(9-7-31)19-13-33(14-19)21(34)30-17-11-15(22(24,25)26)10-16(12-17)23(27,28)29/h2-5,10-12,19H,6-9,13-14H2,1H3,(H,30,34). The lowest BCUT2D eigenvalue weighted by molar-refractivity contribution is -0.143. The van der Waals surface area contributed by atoms with Crippen LogP contribution in [0.3, 0.4) is 0 Å². The Morgan fingerprint density at radius 1 is 0.886 bits per heavy atom. The molecule has 190 valence electrons. The van der Waals surface area contributed by atoms with Crippen LogP contribution in [0, 0.1) is 0 Å². The van der Waals surface area contributed by atoms with Crippen LogP contribution < -0.4 is 15.0 Å². The van der Waals surface area contributed by atoms with Crippen LogP contribution in [0.2, 0.25) is 0 Å². The number of alkyl halides is 6. The first-order valence-corrected chi connectivity index (χ1v) is 10.9. The van der Waals surface area contributed by atoms with Crippen molar-refractivity contribution in [2.45, 2.75) is 18.4 Å². The third-order valence-corrected chi connectivity index (χ3v) is 6.26. The zero-order valence-electron chi connectivity index (χ0n) is 18.8. The summed E-state index contributed by atoms with van der Waals surface area (Å²) in [5.74, 6) is 0.778. The van der Waals surface area contributed by atoms with E-state index in [1.54, 1.807) is 7.11 Å². The van der Waals surface area contributed by atoms with Crippen LogP contribution in [0.4, 0.5) is 42.5 Å². The van der Waals surface area contributed by atoms with E-state index in [2.05, 4.69) is 15.1 Å². The van der Waals surface area contributed by atoms with Crippen molar-refractivity contribution in [3.05, 3.63) is 53.6 Å². The van der Waals surface area contributed by atoms with Crippen LogP contribution in [0.15, 0.2) is 42.5 Å². The lowest BCUT2D eigenvalue weighted by Crippen LogP contribution is -2.64. The first kappa shape index (κ1) is 25.0. The fourth-order valence-corrected chi connectivity index (χ4v) is 4.22. The Morgan fingerprint density at radius 3 is 1.91 bits per heavy atom. The molecule has 2 fully saturated rings. The van der Waals surface area contributed by atoms with Crippen LogP contribution in [-0.4, -0.2) is 68.3 Å². The van der Waals surface area contributed by atoms with E-state index in [9.17, 15) is 31.1 Å². The number of carbonyl (C=O) groups is 1. The first-order valence-electron chi connectivity index (χ1n) is 10.9. The second kappa shape index (κ2) is 9.48. The van der Waals surface area contributed by atoms with Gasteiger partial charge in [0, 0.05) is 56.7 Å². The summed E-state index contributed by atoms with van der Waals surface area (Å²) in [6.07, 6.45) is -9.95. The maximum absolute atomic E-state index is 13.0. The largest absolute Gasteiger partial charge is 0.497 e. The van der Waals surface area contributed by atoms with Crippen LogP contribution >= 0.6 is 0 Å². The van der Waals surface area contributed by atoms with Gasteiger partial charge in [-0.15, -0.1) is 0 Å². The van der Waals surface area contributed by atoms with Gasteiger partial charge in [-0.1, -0.05) is 0 Å². The number of hydrogen-bond acceptors (Lipinski definition) is 4. The summed E-state index contributed by atoms with van der Waals surface area (Å²) in [4.78, 5) is 18.3. The lowest BCUT2D eigenvalue weighted by Gasteiger charge is -2.48. The summed E-state index contributed by atoms with van der Waals surface area (Å²) in [7, 11) is 1.61. The Morgan fingerprint density at radius 2 is 1.43 bits per heavy atom. The molecule has 2 amide bonds. The number of likely N-dealkylation sites (tertiary alicyclic amines) is 1. The molecule has 2 aromatic rings. The van der Waals surface area contributed by atoms with Crippen molar-refractivity contribution in [2.75, 3.05) is 56.6 Å². The molecule has 0 aliphatic carbocycles. The molecular formula is C23H24F6N4O2. The molecule has 0 atom stereocenters. The van der Waals surface area contributed by atoms with E-state index in [1.807, 2.05) is 24.3 Å². The van der Waals surface area contributed by atoms with Crippen LogP contribution in [-0.2, 0) is 12.4 Å². The van der Waals surface area contributed by atoms with Gasteiger partial charge in [-0.2, -0.15) is 26.3 Å². The fourth-order valence-electron chi connectivity index (χ4n) is 4.22. The van der Waals surface area contributed by atoms with Gasteiger partial charge in [0.25, 0.3) is 0 Å². The zero-order chi connectivity index (χ0) is 25.4. The first-order chi connectivity index (χ1) is 16.4. The average Bonchev–Trinajstić information content (AvgIpc) is 2.77. The number of rotatable bonds is 4. The molecule has 4 rings (SSSR count). The maximum Gasteiger partial charge on any atom is 0.416 e. The van der Waals surface area contributed by atoms with Gasteiger partial charge in [-0.3, -0.25) is 4.90 Å². The molecule has 0 unspecified atom stereocenters. The smallest absolute Gasteiger partial charge is 0.416 e. The molecule has 2 heterocycles. The van der Waals surface area contributed by atoms with Crippen molar-refractivity contribution in [3.63, 3.8) is 0 Å². The molecule has 0 aromatic heterocycles. The molecule has 2 saturated heterocycles. The monoisotopic (exact) mass is 502 g/mol. The Balaban J connectivity index is 1.30. The highest BCUT2D eigenvalue weighted by Crippen LogP contribution is 2.37. The second-order valence-corrected chi connectivity index (χ2v) is 8.50. The number of anilines is 2. The number of amides is 2. The third kappa shape index (κ3) is 5.75. The summed E-state index contributed by atoms with van der Waals surface area (Å²) in [6, 6.07) is 8.16. The van der Waals surface area contributed by atoms with E-state index in [0.29, 0.717) is 25.2 Å². The highest BCUT2D eigenvalue weighted by molar-refractivity contribution is 5.90. The number of piperazine rings is 1. The normalized spacial score (nSPS) is 17.8. The van der Waals surface area contributed by atoms with Crippen molar-refractivity contribution in [2.24, 2.45) is 0 Å². The molecule has 2 aromatic carbocycles. The molecular weight excluding hydrogens is 478 g/mol. The maximum atomic E-state index is 13.0. The molecule has 0 bridgehead atoms. The van der Waals surface area contributed by atoms with E-state index < -0.39 is 35.2 Å². The molecule has 2 aliphatic heterocycles. The van der Waals surface area contributed by atoms with Crippen LogP contribution in [0.1, 0.15) is 11.1 Å². The molecule has 2 aliphatic rings. The van der Waals surface area contributed by atoms with Gasteiger partial charge in [-0.25, -0.2) is 4.79 Å². The molecule has 35 heavy (non-hydrogen) atoms. The van der Waals surface area contributed by atoms with E-state index in [0.717, 1.165) is 37.6 Å². The Bertz CT molecular complexity index is 1010. The Labute approximate surface area is 198 Å². The van der Waals surface area contributed by atoms with Crippen LogP contribution in [0.25, 0.3) is 0 Å². The van der Waals surface area contributed by atoms with Crippen molar-refractivity contribution >= 4 is 17.4 Å². The number of benzene rings is 2. The highest BCUT2D eigenvalue weighted by Gasteiger charge is 2.39. The average molecular weight is 502 g/mol. The Kier molecular flexibility index (Phi) is 6.76. The van der Waals surface area contributed by atoms with E-state index in [-0.39, 0.29) is 12.1 Å². The van der Waals surface area contributed by atoms with E-state index in [1.165, 1.54) is 4.90 Å². The summed E-state index contributed by atoms with van der Waals surface area (Å²) in [6.45, 7) is 3.82. The SMILES string of the molecule is COc1ccc(N2CCN(C3CN(C(=O)Nc4cc(C(F)(F)F)cc(C(F)(F)F)c4)C3)CC2)cc1. The van der Waals surface area contributed by atoms with Crippen molar-refractivity contribution in [3.8, 4) is 5.75 Å². The topological polar surface area (TPSA) is 48.1 Å². The fraction of sp³-hybridized carbons (Fsp3) is 0.435. The number of hydrogen-bond donors (Lipinski definition) is 1. The van der Waals surface area contributed by atoms with Crippen LogP contribution in [0.5, 0.6) is 5.75 Å². The predicted molar refractivity (Wildman–Crippen MR) is 118 cm³/mol. The number of methoxy groups -OCH3 is 1. The van der Waals surface area contributed by atoms with E-state index in [4.69, 9.17) is 4.74 Å². The molecule has 12 heteroatoms. The van der Waals surface area contributed by atoms with Gasteiger partial charge < -0.3 is 19.9 Å². The van der Waals surface area contributed by atoms with Gasteiger partial charge in [0.1, 0.15) is 5.75 Å². The number of nitrogens with zero attached hydrogens (tertiary/aromatic N) is 3. The van der Waals surface area contributed by atoms with Gasteiger partial charge in [-0.05, 0) is 42.5 Å². The molecule has 6 nitrogen and oxygen atoms in total. The van der Waals surface area contributed by atoms with E-state index >= 15 is 0 Å². The minimum Gasteiger partial charge on any atom is -0.497 e. The van der Waals surface area contributed by atoms with Gasteiger partial charge in [0.05, 0.1) is 18.2 Å². The molecule has 0 spiro atoms. The number of halogens is 6. The van der Waals surface area contributed by atoms with Gasteiger partial charge >= 0.3 is 18.4 Å². The number of ether oxygens (including phenoxy) is 1. The highest BCUT2D eigenvalue weighted by atomic mass is 19.4. The number of urea groups is 1. The summed E-state index contributed by atoms with van der Waals surface area (Å²) in [5, 5.41) is 2.18. The van der Waals surface area contributed by atoms with Gasteiger partial charge in [0.2, 0.25) is 0 Å². The third-order valence-electron chi connectivity index (χ3n) is 6.26. The van der Waals surface area contributed by atoms with Crippen molar-refractivity contribution in [1.29, 1.82) is 0 Å². The summed E-state index contributed by atoms with van der Waals surface area (Å²) >= 11 is 0. The number of nitrogens with one attached hydrogen (secondary N) is 1. The Hall–Kier alpha value is -3.15. The predicted octanol–water partition coefficient (Wildman–Crippen LogP) is 4.77. The lowest BCUT2D eigenvalue weighted by atomic mass is 10.1. The number of carbonyl (C=O) groups excluding carboxylic acids is 1. The second-order valence-electron chi connectivity index (χ2n) is 8.50. The summed E-state index contributed by atoms with van der Waals surface area (Å²) in [5.41, 5.74) is -2.41. The van der Waals surface area contributed by atoms with Crippen molar-refractivity contribution < 1.29 is 35.9 Å². The zero-order valence-corrected chi connectivity index (χ0v) is 18.8. The molecule has 0 saturated carbocycles. The van der Waals surface area contributed by atoms with Crippen molar-refractivity contribution in [1.82, 2.24) is 9.80 Å². The molecule has 1 N–H and O–H groups in total. The quantitative estimate of drug-likeness (QED) is 0.612.